The van der Waals surface area contributed by atoms with Gasteiger partial charge in [0, 0.05) is 0 Å². The van der Waals surface area contributed by atoms with E-state index in [0.717, 1.165) is 30.6 Å². The van der Waals surface area contributed by atoms with Crippen LogP contribution >= 0.6 is 0 Å². The van der Waals surface area contributed by atoms with E-state index in [0.29, 0.717) is 25.7 Å². The molecule has 1 heterocycles. The molecule has 8 nitrogen and oxygen atoms in total. The number of carboxylic acids is 1. The van der Waals surface area contributed by atoms with Crippen molar-refractivity contribution in [1.82, 2.24) is 15.5 Å². The largest absolute Gasteiger partial charge is 0.480 e. The number of carbonyl (C=O) groups excluding carboxylic acids is 3. The summed E-state index contributed by atoms with van der Waals surface area (Å²) < 4.78 is 0. The lowest BCUT2D eigenvalue weighted by atomic mass is 9.82. The third-order valence-corrected chi connectivity index (χ3v) is 4.73. The van der Waals surface area contributed by atoms with Crippen LogP contribution in [-0.2, 0) is 14.4 Å². The fourth-order valence-corrected chi connectivity index (χ4v) is 3.36. The average Bonchev–Trinajstić information content (AvgIpc) is 2.76. The lowest BCUT2D eigenvalue weighted by molar-refractivity contribution is -0.142. The molecule has 24 heavy (non-hydrogen) atoms. The van der Waals surface area contributed by atoms with E-state index in [2.05, 4.69) is 10.6 Å². The molecule has 2 aliphatic rings. The Labute approximate surface area is 141 Å². The molecule has 0 radical (unpaired) electrons. The van der Waals surface area contributed by atoms with Crippen LogP contribution in [0.25, 0.3) is 0 Å². The van der Waals surface area contributed by atoms with Gasteiger partial charge in [0.25, 0.3) is 5.91 Å². The molecule has 2 fully saturated rings. The molecule has 1 saturated carbocycles. The van der Waals surface area contributed by atoms with Crippen LogP contribution in [0.5, 0.6) is 0 Å². The van der Waals surface area contributed by atoms with Crippen LogP contribution in [0.1, 0.15) is 58.3 Å². The van der Waals surface area contributed by atoms with Gasteiger partial charge in [0.1, 0.15) is 18.1 Å². The molecular formula is C16H25N3O5. The van der Waals surface area contributed by atoms with E-state index >= 15 is 0 Å². The summed E-state index contributed by atoms with van der Waals surface area (Å²) in [5.41, 5.74) is -0.871. The Morgan fingerprint density at radius 3 is 2.54 bits per heavy atom. The van der Waals surface area contributed by atoms with E-state index in [1.165, 1.54) is 0 Å². The second kappa shape index (κ2) is 7.63. The molecule has 4 amide bonds. The van der Waals surface area contributed by atoms with Gasteiger partial charge in [-0.1, -0.05) is 39.0 Å². The summed E-state index contributed by atoms with van der Waals surface area (Å²) in [5.74, 6) is -2.12. The highest BCUT2D eigenvalue weighted by Gasteiger charge is 2.51. The molecule has 1 unspecified atom stereocenters. The Bertz CT molecular complexity index is 528. The quantitative estimate of drug-likeness (QED) is 0.598. The Balaban J connectivity index is 1.96. The van der Waals surface area contributed by atoms with E-state index in [-0.39, 0.29) is 5.91 Å². The molecule has 1 spiro atoms. The standard InChI is InChI=1S/C16H25N3O5/c1-2-3-7-11(13(21)22)17-12(20)10-19-14(23)16(18-15(19)24)8-5-4-6-9-16/h11H,2-10H2,1H3,(H,17,20)(H,18,24)(H,21,22). The molecule has 0 aromatic heterocycles. The first kappa shape index (κ1) is 18.2. The van der Waals surface area contributed by atoms with E-state index < -0.39 is 36.0 Å². The molecule has 1 aliphatic heterocycles. The van der Waals surface area contributed by atoms with Gasteiger partial charge >= 0.3 is 12.0 Å². The van der Waals surface area contributed by atoms with Gasteiger partial charge in [0.05, 0.1) is 0 Å². The van der Waals surface area contributed by atoms with Crippen molar-refractivity contribution in [2.75, 3.05) is 6.54 Å². The van der Waals surface area contributed by atoms with E-state index in [9.17, 15) is 19.2 Å². The zero-order chi connectivity index (χ0) is 17.7. The predicted molar refractivity (Wildman–Crippen MR) is 85.2 cm³/mol. The molecule has 8 heteroatoms. The van der Waals surface area contributed by atoms with E-state index in [4.69, 9.17) is 5.11 Å². The van der Waals surface area contributed by atoms with Crippen molar-refractivity contribution < 1.29 is 24.3 Å². The van der Waals surface area contributed by atoms with Crippen molar-refractivity contribution in [2.45, 2.75) is 69.9 Å². The average molecular weight is 339 g/mol. The lowest BCUT2D eigenvalue weighted by Crippen LogP contribution is -2.50. The van der Waals surface area contributed by atoms with Crippen LogP contribution in [0, 0.1) is 0 Å². The highest BCUT2D eigenvalue weighted by Crippen LogP contribution is 2.33. The van der Waals surface area contributed by atoms with Gasteiger partial charge in [0.2, 0.25) is 5.91 Å². The number of rotatable bonds is 7. The molecule has 1 atom stereocenters. The molecule has 134 valence electrons. The topological polar surface area (TPSA) is 116 Å². The molecule has 0 bridgehead atoms. The van der Waals surface area contributed by atoms with Gasteiger partial charge in [-0.3, -0.25) is 14.5 Å². The highest BCUT2D eigenvalue weighted by molar-refractivity contribution is 6.09. The summed E-state index contributed by atoms with van der Waals surface area (Å²) in [5, 5.41) is 14.3. The third-order valence-electron chi connectivity index (χ3n) is 4.73. The first-order chi connectivity index (χ1) is 11.4. The number of nitrogens with one attached hydrogen (secondary N) is 2. The number of amides is 4. The minimum absolute atomic E-state index is 0.321. The SMILES string of the molecule is CCCCC(NC(=O)CN1C(=O)NC2(CCCCC2)C1=O)C(=O)O. The van der Waals surface area contributed by atoms with Crippen molar-refractivity contribution in [2.24, 2.45) is 0 Å². The zero-order valence-corrected chi connectivity index (χ0v) is 14.0. The van der Waals surface area contributed by atoms with Gasteiger partial charge in [-0.2, -0.15) is 0 Å². The number of hydrogen-bond donors (Lipinski definition) is 3. The second-order valence-corrected chi connectivity index (χ2v) is 6.56. The number of aliphatic carboxylic acids is 1. The number of imide groups is 1. The fourth-order valence-electron chi connectivity index (χ4n) is 3.36. The maximum absolute atomic E-state index is 12.6. The summed E-state index contributed by atoms with van der Waals surface area (Å²) in [6, 6.07) is -1.57. The Kier molecular flexibility index (Phi) is 5.80. The molecule has 0 aromatic rings. The summed E-state index contributed by atoms with van der Waals surface area (Å²) in [7, 11) is 0. The van der Waals surface area contributed by atoms with E-state index in [1.807, 2.05) is 6.92 Å². The summed E-state index contributed by atoms with van der Waals surface area (Å²) in [4.78, 5) is 48.8. The monoisotopic (exact) mass is 339 g/mol. The first-order valence-electron chi connectivity index (χ1n) is 8.56. The molecule has 1 aliphatic carbocycles. The maximum atomic E-state index is 12.6. The normalized spacial score (nSPS) is 20.8. The number of unbranched alkanes of at least 4 members (excludes halogenated alkanes) is 1. The number of nitrogens with zero attached hydrogens (tertiary/aromatic N) is 1. The Morgan fingerprint density at radius 2 is 1.96 bits per heavy atom. The van der Waals surface area contributed by atoms with Crippen LogP contribution in [0.3, 0.4) is 0 Å². The van der Waals surface area contributed by atoms with Crippen molar-refractivity contribution in [3.63, 3.8) is 0 Å². The van der Waals surface area contributed by atoms with Crippen LogP contribution in [0.2, 0.25) is 0 Å². The lowest BCUT2D eigenvalue weighted by Gasteiger charge is -2.30. The summed E-state index contributed by atoms with van der Waals surface area (Å²) in [6.45, 7) is 1.49. The Hall–Kier alpha value is -2.12. The second-order valence-electron chi connectivity index (χ2n) is 6.56. The van der Waals surface area contributed by atoms with Crippen LogP contribution in [0.15, 0.2) is 0 Å². The molecule has 2 rings (SSSR count). The van der Waals surface area contributed by atoms with E-state index in [1.54, 1.807) is 0 Å². The maximum Gasteiger partial charge on any atom is 0.326 e. The summed E-state index contributed by atoms with van der Waals surface area (Å²) >= 11 is 0. The fraction of sp³-hybridized carbons (Fsp3) is 0.750. The minimum Gasteiger partial charge on any atom is -0.480 e. The number of hydrogen-bond acceptors (Lipinski definition) is 4. The van der Waals surface area contributed by atoms with Gasteiger partial charge in [-0.15, -0.1) is 0 Å². The molecular weight excluding hydrogens is 314 g/mol. The molecule has 1 saturated heterocycles. The van der Waals surface area contributed by atoms with Crippen LogP contribution < -0.4 is 10.6 Å². The van der Waals surface area contributed by atoms with Crippen molar-refractivity contribution >= 4 is 23.8 Å². The highest BCUT2D eigenvalue weighted by atomic mass is 16.4. The zero-order valence-electron chi connectivity index (χ0n) is 14.0. The number of carboxylic acid groups (broad SMARTS) is 1. The third kappa shape index (κ3) is 3.85. The van der Waals surface area contributed by atoms with Gasteiger partial charge in [0.15, 0.2) is 0 Å². The van der Waals surface area contributed by atoms with Crippen molar-refractivity contribution in [3.8, 4) is 0 Å². The van der Waals surface area contributed by atoms with Gasteiger partial charge < -0.3 is 15.7 Å². The van der Waals surface area contributed by atoms with Gasteiger partial charge in [-0.25, -0.2) is 9.59 Å². The van der Waals surface area contributed by atoms with Crippen LogP contribution in [0.4, 0.5) is 4.79 Å². The van der Waals surface area contributed by atoms with Gasteiger partial charge in [-0.05, 0) is 19.3 Å². The minimum atomic E-state index is -1.11. The smallest absolute Gasteiger partial charge is 0.326 e. The number of urea groups is 1. The summed E-state index contributed by atoms with van der Waals surface area (Å²) in [6.07, 6.45) is 5.74. The van der Waals surface area contributed by atoms with Crippen molar-refractivity contribution in [1.29, 1.82) is 0 Å². The first-order valence-corrected chi connectivity index (χ1v) is 8.56. The Morgan fingerprint density at radius 1 is 1.29 bits per heavy atom. The molecule has 3 N–H and O–H groups in total. The predicted octanol–water partition coefficient (Wildman–Crippen LogP) is 1.00. The van der Waals surface area contributed by atoms with Crippen molar-refractivity contribution in [3.05, 3.63) is 0 Å². The van der Waals surface area contributed by atoms with Crippen LogP contribution in [-0.4, -0.2) is 51.9 Å². The number of carbonyl (C=O) groups is 4. The molecule has 0 aromatic carbocycles.